The minimum Gasteiger partial charge on any atom is -1.00 e. The lowest BCUT2D eigenvalue weighted by Crippen LogP contribution is -3.00. The highest BCUT2D eigenvalue weighted by Gasteiger charge is 2.37. The summed E-state index contributed by atoms with van der Waals surface area (Å²) < 4.78 is 4.97. The lowest BCUT2D eigenvalue weighted by Gasteiger charge is -2.27. The van der Waals surface area contributed by atoms with Crippen LogP contribution in [0.1, 0.15) is 33.4 Å². The van der Waals surface area contributed by atoms with Crippen molar-refractivity contribution in [2.24, 2.45) is 0 Å². The van der Waals surface area contributed by atoms with Crippen LogP contribution in [-0.2, 0) is 25.9 Å². The van der Waals surface area contributed by atoms with Crippen LogP contribution >= 0.6 is 0 Å². The van der Waals surface area contributed by atoms with Crippen LogP contribution in [0, 0.1) is 13.8 Å². The van der Waals surface area contributed by atoms with Crippen molar-refractivity contribution < 1.29 is 57.1 Å². The Morgan fingerprint density at radius 1 is 0.543 bits per heavy atom. The molecule has 0 bridgehead atoms. The van der Waals surface area contributed by atoms with E-state index < -0.39 is 0 Å². The van der Waals surface area contributed by atoms with Crippen molar-refractivity contribution in [2.45, 2.75) is 39.8 Å². The van der Waals surface area contributed by atoms with Crippen LogP contribution in [0.3, 0.4) is 0 Å². The van der Waals surface area contributed by atoms with Gasteiger partial charge in [-0.25, -0.2) is 0 Å². The van der Waals surface area contributed by atoms with Crippen LogP contribution in [-0.4, -0.2) is 0 Å². The van der Waals surface area contributed by atoms with Crippen LogP contribution in [0.4, 0.5) is 0 Å². The molecule has 2 aromatic heterocycles. The van der Waals surface area contributed by atoms with Crippen molar-refractivity contribution in [3.05, 3.63) is 143 Å². The van der Waals surface area contributed by atoms with Crippen LogP contribution in [0.25, 0.3) is 67.0 Å². The summed E-state index contributed by atoms with van der Waals surface area (Å²) in [6, 6.07) is 35.7. The van der Waals surface area contributed by atoms with E-state index in [2.05, 4.69) is 145 Å². The third-order valence-electron chi connectivity index (χ3n) is 10.3. The molecule has 0 atom stereocenters. The molecule has 0 aliphatic carbocycles. The summed E-state index contributed by atoms with van der Waals surface area (Å²) >= 11 is 0. The number of aryl methyl sites for hydroxylation is 2. The van der Waals surface area contributed by atoms with Gasteiger partial charge in [-0.05, 0) is 86.3 Å². The first-order valence-electron chi connectivity index (χ1n) is 15.8. The van der Waals surface area contributed by atoms with Crippen molar-refractivity contribution >= 4 is 44.5 Å². The quantitative estimate of drug-likeness (QED) is 0.144. The van der Waals surface area contributed by atoms with E-state index in [0.29, 0.717) is 0 Å². The summed E-state index contributed by atoms with van der Waals surface area (Å²) in [7, 11) is 0. The van der Waals surface area contributed by atoms with Crippen LogP contribution in [0.15, 0.2) is 109 Å². The first-order chi connectivity index (χ1) is 21.7. The zero-order valence-corrected chi connectivity index (χ0v) is 30.3. The fourth-order valence-corrected chi connectivity index (χ4v) is 7.95. The van der Waals surface area contributed by atoms with E-state index >= 15 is 0 Å². The molecule has 0 N–H and O–H groups in total. The van der Waals surface area contributed by atoms with Gasteiger partial charge in [-0.3, -0.25) is 0 Å². The van der Waals surface area contributed by atoms with Gasteiger partial charge in [-0.1, -0.05) is 78.9 Å². The van der Waals surface area contributed by atoms with Gasteiger partial charge in [0.2, 0.25) is 11.4 Å². The minimum absolute atomic E-state index is 0. The predicted octanol–water partition coefficient (Wildman–Crippen LogP) is 2.96. The van der Waals surface area contributed by atoms with Crippen molar-refractivity contribution in [2.75, 3.05) is 0 Å². The number of hydrogen-bond acceptors (Lipinski definition) is 0. The normalized spacial score (nSPS) is 13.1. The highest BCUT2D eigenvalue weighted by molar-refractivity contribution is 6.08. The summed E-state index contributed by atoms with van der Waals surface area (Å²) in [5.41, 5.74) is 14.1. The van der Waals surface area contributed by atoms with E-state index in [4.69, 9.17) is 0 Å². The van der Waals surface area contributed by atoms with E-state index in [1.54, 1.807) is 0 Å². The molecule has 7 aromatic rings. The highest BCUT2D eigenvalue weighted by atomic mass is 127. The van der Waals surface area contributed by atoms with Gasteiger partial charge in [0.15, 0.2) is 25.5 Å². The molecule has 0 amide bonds. The Labute approximate surface area is 304 Å². The predicted molar refractivity (Wildman–Crippen MR) is 182 cm³/mol. The molecule has 2 aliphatic rings. The molecule has 2 nitrogen and oxygen atoms in total. The second-order valence-corrected chi connectivity index (χ2v) is 12.5. The van der Waals surface area contributed by atoms with E-state index in [-0.39, 0.29) is 48.0 Å². The topological polar surface area (TPSA) is 7.76 Å². The van der Waals surface area contributed by atoms with Gasteiger partial charge in [-0.15, -0.1) is 0 Å². The van der Waals surface area contributed by atoms with E-state index in [1.165, 1.54) is 88.2 Å². The molecule has 0 fully saturated rings. The van der Waals surface area contributed by atoms with Gasteiger partial charge in [-0.2, -0.15) is 9.13 Å². The molecule has 4 heterocycles. The molecule has 226 valence electrons. The number of halogens is 2. The monoisotopic (exact) mass is 820 g/mol. The van der Waals surface area contributed by atoms with Crippen molar-refractivity contribution in [1.29, 1.82) is 0 Å². The number of nitrogens with zero attached hydrogens (tertiary/aromatic N) is 2. The van der Waals surface area contributed by atoms with Crippen molar-refractivity contribution in [3.63, 3.8) is 0 Å². The lowest BCUT2D eigenvalue weighted by molar-refractivity contribution is -0.689. The smallest absolute Gasteiger partial charge is 0.221 e. The standard InChI is InChI=1S/C42H34N2.2HI/c1-27-28(2)34-20-24-44-22-18-30-9-3-8-14-37(30)42(44)41(34)40-33(27)19-23-43-21-17-29(25-39(40)43)15-16-38-35-12-6-4-10-31(35)26-32-11-5-7-13-36(32)38;;/h3-18,21-22,25-26H,19-20,23-24H2,1-2H3;2*1H/q+2;;/p-2/b16-15+;;. The average Bonchev–Trinajstić information content (AvgIpc) is 3.08. The minimum atomic E-state index is 0. The maximum Gasteiger partial charge on any atom is 0.221 e. The molecule has 4 heteroatoms. The second-order valence-electron chi connectivity index (χ2n) is 12.5. The lowest BCUT2D eigenvalue weighted by atomic mass is 9.79. The number of aromatic nitrogens is 2. The molecule has 2 aliphatic heterocycles. The van der Waals surface area contributed by atoms with Gasteiger partial charge in [0.1, 0.15) is 0 Å². The van der Waals surface area contributed by atoms with E-state index in [0.717, 1.165) is 25.9 Å². The fourth-order valence-electron chi connectivity index (χ4n) is 7.95. The fraction of sp³-hybridized carbons (Fsp3) is 0.143. The molecule has 0 spiro atoms. The SMILES string of the molecule is Cc1c(C)c2c(c3c1CC[n+]1ccc(/C=C/c4c5ccccc5cc5ccccc45)cc1-3)-c1c3ccccc3cc[n+]1CC2.[I-].[I-]. The summed E-state index contributed by atoms with van der Waals surface area (Å²) in [4.78, 5) is 0. The number of hydrogen-bond donors (Lipinski definition) is 0. The van der Waals surface area contributed by atoms with Crippen molar-refractivity contribution in [3.8, 4) is 22.5 Å². The molecule has 0 unspecified atom stereocenters. The van der Waals surface area contributed by atoms with Crippen LogP contribution < -0.4 is 57.1 Å². The van der Waals surface area contributed by atoms with E-state index in [9.17, 15) is 0 Å². The summed E-state index contributed by atoms with van der Waals surface area (Å²) in [6.07, 6.45) is 11.4. The van der Waals surface area contributed by atoms with Gasteiger partial charge in [0.25, 0.3) is 0 Å². The van der Waals surface area contributed by atoms with Gasteiger partial charge < -0.3 is 48.0 Å². The van der Waals surface area contributed by atoms with E-state index in [1.807, 2.05) is 0 Å². The van der Waals surface area contributed by atoms with Gasteiger partial charge in [0, 0.05) is 31.0 Å². The maximum atomic E-state index is 2.49. The maximum absolute atomic E-state index is 2.49. The van der Waals surface area contributed by atoms with Gasteiger partial charge in [0.05, 0.1) is 16.5 Å². The number of benzene rings is 5. The summed E-state index contributed by atoms with van der Waals surface area (Å²) in [5.74, 6) is 0. The first-order valence-corrected chi connectivity index (χ1v) is 15.8. The summed E-state index contributed by atoms with van der Waals surface area (Å²) in [6.45, 7) is 6.74. The zero-order chi connectivity index (χ0) is 29.4. The van der Waals surface area contributed by atoms with Gasteiger partial charge >= 0.3 is 0 Å². The third-order valence-corrected chi connectivity index (χ3v) is 10.3. The molecule has 5 aromatic carbocycles. The zero-order valence-electron chi connectivity index (χ0n) is 26.0. The van der Waals surface area contributed by atoms with Crippen molar-refractivity contribution in [1.82, 2.24) is 0 Å². The Morgan fingerprint density at radius 2 is 1.11 bits per heavy atom. The molecular weight excluding hydrogens is 786 g/mol. The Hall–Kier alpha value is -3.62. The Kier molecular flexibility index (Phi) is 8.22. The number of pyridine rings is 2. The molecule has 0 radical (unpaired) electrons. The molecule has 0 saturated heterocycles. The largest absolute Gasteiger partial charge is 1.00 e. The van der Waals surface area contributed by atoms with Crippen LogP contribution in [0.2, 0.25) is 0 Å². The molecule has 0 saturated carbocycles. The summed E-state index contributed by atoms with van der Waals surface area (Å²) in [5, 5.41) is 7.79. The average molecular weight is 821 g/mol. The Balaban J connectivity index is 0.00000169. The number of fused-ring (bicyclic) bond motifs is 11. The Bertz CT molecular complexity index is 2320. The molecule has 46 heavy (non-hydrogen) atoms. The molecule has 9 rings (SSSR count). The number of rotatable bonds is 2. The second kappa shape index (κ2) is 12.2. The Morgan fingerprint density at radius 3 is 1.80 bits per heavy atom. The highest BCUT2D eigenvalue weighted by Crippen LogP contribution is 2.44. The molecular formula is C42H34I2N2. The third kappa shape index (κ3) is 4.79. The first kappa shape index (κ1) is 31.0. The van der Waals surface area contributed by atoms with Crippen LogP contribution in [0.5, 0.6) is 0 Å².